The minimum atomic E-state index is 0.229. The van der Waals surface area contributed by atoms with Crippen molar-refractivity contribution in [2.24, 2.45) is 0 Å². The Hall–Kier alpha value is -0.500. The maximum absolute atomic E-state index is 5.62. The molecule has 0 saturated heterocycles. The number of aryl methyl sites for hydroxylation is 1. The molecule has 0 radical (unpaired) electrons. The Bertz CT molecular complexity index is 243. The van der Waals surface area contributed by atoms with Crippen LogP contribution in [-0.4, -0.2) is 11.4 Å². The van der Waals surface area contributed by atoms with Crippen LogP contribution in [0.4, 0.5) is 0 Å². The van der Waals surface area contributed by atoms with Gasteiger partial charge in [0.1, 0.15) is 11.9 Å². The zero-order chi connectivity index (χ0) is 9.68. The first kappa shape index (κ1) is 10.6. The van der Waals surface area contributed by atoms with E-state index >= 15 is 0 Å². The molecule has 0 spiro atoms. The fourth-order valence-electron chi connectivity index (χ4n) is 1.07. The smallest absolute Gasteiger partial charge is 0.119 e. The van der Waals surface area contributed by atoms with Crippen molar-refractivity contribution in [3.63, 3.8) is 0 Å². The number of halogens is 1. The van der Waals surface area contributed by atoms with Gasteiger partial charge in [-0.15, -0.1) is 0 Å². The van der Waals surface area contributed by atoms with Gasteiger partial charge in [0.05, 0.1) is 0 Å². The van der Waals surface area contributed by atoms with E-state index in [0.29, 0.717) is 0 Å². The lowest BCUT2D eigenvalue weighted by Crippen LogP contribution is -2.12. The Morgan fingerprint density at radius 2 is 1.92 bits per heavy atom. The predicted molar refractivity (Wildman–Crippen MR) is 59.7 cm³/mol. The van der Waals surface area contributed by atoms with Crippen LogP contribution in [0.1, 0.15) is 19.4 Å². The highest BCUT2D eigenvalue weighted by molar-refractivity contribution is 9.09. The number of hydrogen-bond donors (Lipinski definition) is 0. The molecule has 0 N–H and O–H groups in total. The average molecular weight is 243 g/mol. The van der Waals surface area contributed by atoms with Crippen LogP contribution in [0, 0.1) is 0 Å². The molecule has 0 aliphatic rings. The largest absolute Gasteiger partial charge is 0.490 e. The molecule has 72 valence electrons. The first-order valence-electron chi connectivity index (χ1n) is 4.57. The summed E-state index contributed by atoms with van der Waals surface area (Å²) in [5.74, 6) is 0.948. The van der Waals surface area contributed by atoms with Gasteiger partial charge >= 0.3 is 0 Å². The van der Waals surface area contributed by atoms with Crippen molar-refractivity contribution in [2.45, 2.75) is 26.4 Å². The van der Waals surface area contributed by atoms with Crippen molar-refractivity contribution < 1.29 is 4.74 Å². The highest BCUT2D eigenvalue weighted by Crippen LogP contribution is 2.14. The van der Waals surface area contributed by atoms with E-state index in [1.807, 2.05) is 19.1 Å². The fourth-order valence-corrected chi connectivity index (χ4v) is 1.20. The standard InChI is InChI=1S/C11H15BrO/c1-3-10-4-6-11(7-5-10)13-9(2)8-12/h4-7,9H,3,8H2,1-2H3/t9-/m0/s1. The van der Waals surface area contributed by atoms with Gasteiger partial charge in [-0.25, -0.2) is 0 Å². The number of alkyl halides is 1. The second-order valence-electron chi connectivity index (χ2n) is 3.08. The monoisotopic (exact) mass is 242 g/mol. The summed E-state index contributed by atoms with van der Waals surface area (Å²) < 4.78 is 5.62. The topological polar surface area (TPSA) is 9.23 Å². The Balaban J connectivity index is 2.58. The molecule has 0 unspecified atom stereocenters. The van der Waals surface area contributed by atoms with Gasteiger partial charge in [-0.05, 0) is 31.0 Å². The summed E-state index contributed by atoms with van der Waals surface area (Å²) in [5, 5.41) is 0.864. The number of rotatable bonds is 4. The third kappa shape index (κ3) is 3.39. The molecule has 0 bridgehead atoms. The highest BCUT2D eigenvalue weighted by Gasteiger charge is 2.00. The maximum atomic E-state index is 5.62. The molecule has 1 aromatic rings. The zero-order valence-corrected chi connectivity index (χ0v) is 9.67. The second kappa shape index (κ2) is 5.28. The lowest BCUT2D eigenvalue weighted by atomic mass is 10.2. The summed E-state index contributed by atoms with van der Waals surface area (Å²) >= 11 is 3.38. The van der Waals surface area contributed by atoms with Crippen molar-refractivity contribution in [3.8, 4) is 5.75 Å². The van der Waals surface area contributed by atoms with E-state index in [-0.39, 0.29) is 6.10 Å². The molecule has 0 aliphatic carbocycles. The highest BCUT2D eigenvalue weighted by atomic mass is 79.9. The third-order valence-corrected chi connectivity index (χ3v) is 2.80. The van der Waals surface area contributed by atoms with Gasteiger partial charge in [0.15, 0.2) is 0 Å². The zero-order valence-electron chi connectivity index (χ0n) is 8.09. The summed E-state index contributed by atoms with van der Waals surface area (Å²) in [7, 11) is 0. The fraction of sp³-hybridized carbons (Fsp3) is 0.455. The Labute approximate surface area is 88.2 Å². The van der Waals surface area contributed by atoms with Crippen LogP contribution >= 0.6 is 15.9 Å². The Morgan fingerprint density at radius 1 is 1.31 bits per heavy atom. The van der Waals surface area contributed by atoms with E-state index in [1.165, 1.54) is 5.56 Å². The van der Waals surface area contributed by atoms with Crippen molar-refractivity contribution in [1.29, 1.82) is 0 Å². The lowest BCUT2D eigenvalue weighted by Gasteiger charge is -2.11. The van der Waals surface area contributed by atoms with Crippen LogP contribution in [-0.2, 0) is 6.42 Å². The first-order valence-corrected chi connectivity index (χ1v) is 5.70. The summed E-state index contributed by atoms with van der Waals surface area (Å²) in [6.45, 7) is 4.19. The SMILES string of the molecule is CCc1ccc(O[C@@H](C)CBr)cc1. The molecular formula is C11H15BrO. The summed E-state index contributed by atoms with van der Waals surface area (Å²) in [4.78, 5) is 0. The number of hydrogen-bond acceptors (Lipinski definition) is 1. The Morgan fingerprint density at radius 3 is 2.38 bits per heavy atom. The molecular weight excluding hydrogens is 228 g/mol. The summed E-state index contributed by atoms with van der Waals surface area (Å²) in [6.07, 6.45) is 1.31. The van der Waals surface area contributed by atoms with E-state index in [1.54, 1.807) is 0 Å². The molecule has 0 amide bonds. The molecule has 0 heterocycles. The van der Waals surface area contributed by atoms with Crippen molar-refractivity contribution >= 4 is 15.9 Å². The number of benzene rings is 1. The van der Waals surface area contributed by atoms with E-state index in [2.05, 4.69) is 35.0 Å². The molecule has 0 fully saturated rings. The van der Waals surface area contributed by atoms with Gasteiger partial charge < -0.3 is 4.74 Å². The summed E-state index contributed by atoms with van der Waals surface area (Å²) in [6, 6.07) is 8.27. The molecule has 13 heavy (non-hydrogen) atoms. The van der Waals surface area contributed by atoms with Gasteiger partial charge in [-0.3, -0.25) is 0 Å². The molecule has 2 heteroatoms. The van der Waals surface area contributed by atoms with Crippen LogP contribution in [0.5, 0.6) is 5.75 Å². The first-order chi connectivity index (χ1) is 6.26. The summed E-state index contributed by atoms with van der Waals surface area (Å²) in [5.41, 5.74) is 1.35. The molecule has 0 aromatic heterocycles. The van der Waals surface area contributed by atoms with E-state index in [9.17, 15) is 0 Å². The predicted octanol–water partition coefficient (Wildman–Crippen LogP) is 3.41. The minimum Gasteiger partial charge on any atom is -0.490 e. The van der Waals surface area contributed by atoms with E-state index in [0.717, 1.165) is 17.5 Å². The molecule has 1 nitrogen and oxygen atoms in total. The Kier molecular flexibility index (Phi) is 4.29. The van der Waals surface area contributed by atoms with E-state index in [4.69, 9.17) is 4.74 Å². The van der Waals surface area contributed by atoms with Gasteiger partial charge in [-0.2, -0.15) is 0 Å². The lowest BCUT2D eigenvalue weighted by molar-refractivity contribution is 0.248. The van der Waals surface area contributed by atoms with Crippen molar-refractivity contribution in [3.05, 3.63) is 29.8 Å². The normalized spacial score (nSPS) is 12.5. The van der Waals surface area contributed by atoms with Crippen LogP contribution in [0.2, 0.25) is 0 Å². The van der Waals surface area contributed by atoms with Crippen LogP contribution in [0.3, 0.4) is 0 Å². The van der Waals surface area contributed by atoms with Gasteiger partial charge in [0.2, 0.25) is 0 Å². The van der Waals surface area contributed by atoms with E-state index < -0.39 is 0 Å². The van der Waals surface area contributed by atoms with Crippen LogP contribution < -0.4 is 4.74 Å². The molecule has 1 aromatic carbocycles. The molecule has 0 saturated carbocycles. The average Bonchev–Trinajstić information content (AvgIpc) is 2.19. The maximum Gasteiger partial charge on any atom is 0.119 e. The van der Waals surface area contributed by atoms with Crippen LogP contribution in [0.15, 0.2) is 24.3 Å². The van der Waals surface area contributed by atoms with Gasteiger partial charge in [0.25, 0.3) is 0 Å². The van der Waals surface area contributed by atoms with Crippen LogP contribution in [0.25, 0.3) is 0 Å². The molecule has 1 rings (SSSR count). The molecule has 1 atom stereocenters. The quantitative estimate of drug-likeness (QED) is 0.736. The molecule has 0 aliphatic heterocycles. The van der Waals surface area contributed by atoms with Gasteiger partial charge in [-0.1, -0.05) is 35.0 Å². The third-order valence-electron chi connectivity index (χ3n) is 1.89. The van der Waals surface area contributed by atoms with Crippen molar-refractivity contribution in [2.75, 3.05) is 5.33 Å². The number of ether oxygens (including phenoxy) is 1. The van der Waals surface area contributed by atoms with Gasteiger partial charge in [0, 0.05) is 5.33 Å². The second-order valence-corrected chi connectivity index (χ2v) is 3.73. The minimum absolute atomic E-state index is 0.229. The van der Waals surface area contributed by atoms with Crippen molar-refractivity contribution in [1.82, 2.24) is 0 Å².